The van der Waals surface area contributed by atoms with Gasteiger partial charge in [-0.25, -0.2) is 4.98 Å². The molecule has 2 rings (SSSR count). The minimum absolute atomic E-state index is 0.0244. The lowest BCUT2D eigenvalue weighted by atomic mass is 10.0. The second-order valence-electron chi connectivity index (χ2n) is 2.82. The number of aromatic nitrogens is 1. The summed E-state index contributed by atoms with van der Waals surface area (Å²) in [6.45, 7) is 0. The molecule has 0 saturated carbocycles. The SMILES string of the molecule is COc1ccc2c(n1)CC=CC2=O. The lowest BCUT2D eigenvalue weighted by Crippen LogP contribution is -2.08. The Kier molecular flexibility index (Phi) is 1.85. The maximum atomic E-state index is 11.3. The van der Waals surface area contributed by atoms with Crippen LogP contribution in [0.5, 0.6) is 5.88 Å². The number of ether oxygens (including phenoxy) is 1. The average Bonchev–Trinajstić information content (AvgIpc) is 2.18. The molecule has 0 spiro atoms. The third-order valence-corrected chi connectivity index (χ3v) is 2.00. The van der Waals surface area contributed by atoms with Crippen molar-refractivity contribution in [3.8, 4) is 5.88 Å². The maximum absolute atomic E-state index is 11.3. The number of methoxy groups -OCH3 is 1. The molecule has 0 fully saturated rings. The van der Waals surface area contributed by atoms with Crippen LogP contribution in [-0.2, 0) is 6.42 Å². The third kappa shape index (κ3) is 1.33. The van der Waals surface area contributed by atoms with Gasteiger partial charge in [-0.2, -0.15) is 0 Å². The highest BCUT2D eigenvalue weighted by Gasteiger charge is 2.13. The van der Waals surface area contributed by atoms with Gasteiger partial charge < -0.3 is 4.74 Å². The van der Waals surface area contributed by atoms with E-state index in [-0.39, 0.29) is 5.78 Å². The van der Waals surface area contributed by atoms with E-state index >= 15 is 0 Å². The lowest BCUT2D eigenvalue weighted by Gasteiger charge is -2.09. The zero-order valence-corrected chi connectivity index (χ0v) is 7.28. The summed E-state index contributed by atoms with van der Waals surface area (Å²) in [5, 5.41) is 0. The molecule has 0 aliphatic heterocycles. The molecule has 0 atom stereocenters. The number of nitrogens with zero attached hydrogens (tertiary/aromatic N) is 1. The summed E-state index contributed by atoms with van der Waals surface area (Å²) in [7, 11) is 1.56. The monoisotopic (exact) mass is 175 g/mol. The molecule has 1 aromatic rings. The summed E-state index contributed by atoms with van der Waals surface area (Å²) in [6, 6.07) is 3.46. The summed E-state index contributed by atoms with van der Waals surface area (Å²) in [4.78, 5) is 15.5. The van der Waals surface area contributed by atoms with Gasteiger partial charge in [0.2, 0.25) is 5.88 Å². The highest BCUT2D eigenvalue weighted by atomic mass is 16.5. The number of carbonyl (C=O) groups is 1. The number of pyridine rings is 1. The van der Waals surface area contributed by atoms with E-state index in [4.69, 9.17) is 4.74 Å². The van der Waals surface area contributed by atoms with Gasteiger partial charge in [0.25, 0.3) is 0 Å². The van der Waals surface area contributed by atoms with Gasteiger partial charge in [0.05, 0.1) is 12.8 Å². The van der Waals surface area contributed by atoms with E-state index in [0.29, 0.717) is 17.9 Å². The molecular weight excluding hydrogens is 166 g/mol. The minimum Gasteiger partial charge on any atom is -0.481 e. The maximum Gasteiger partial charge on any atom is 0.213 e. The summed E-state index contributed by atoms with van der Waals surface area (Å²) in [6.07, 6.45) is 4.10. The number of rotatable bonds is 1. The van der Waals surface area contributed by atoms with Crippen molar-refractivity contribution in [1.29, 1.82) is 0 Å². The van der Waals surface area contributed by atoms with Crippen LogP contribution in [0, 0.1) is 0 Å². The number of carbonyl (C=O) groups excluding carboxylic acids is 1. The van der Waals surface area contributed by atoms with Crippen LogP contribution in [0.15, 0.2) is 24.3 Å². The van der Waals surface area contributed by atoms with Crippen molar-refractivity contribution in [2.75, 3.05) is 7.11 Å². The quantitative estimate of drug-likeness (QED) is 0.647. The first-order valence-corrected chi connectivity index (χ1v) is 4.06. The predicted octanol–water partition coefficient (Wildman–Crippen LogP) is 1.39. The fraction of sp³-hybridized carbons (Fsp3) is 0.200. The average molecular weight is 175 g/mol. The van der Waals surface area contributed by atoms with E-state index in [1.807, 2.05) is 6.08 Å². The standard InChI is InChI=1S/C10H9NO2/c1-13-10-6-5-7-8(11-10)3-2-4-9(7)12/h2,4-6H,3H2,1H3. The van der Waals surface area contributed by atoms with Crippen LogP contribution in [0.3, 0.4) is 0 Å². The van der Waals surface area contributed by atoms with Crippen LogP contribution in [0.2, 0.25) is 0 Å². The topological polar surface area (TPSA) is 39.2 Å². The van der Waals surface area contributed by atoms with Gasteiger partial charge >= 0.3 is 0 Å². The highest BCUT2D eigenvalue weighted by Crippen LogP contribution is 2.17. The van der Waals surface area contributed by atoms with Crippen LogP contribution < -0.4 is 4.74 Å². The first-order chi connectivity index (χ1) is 6.31. The molecule has 1 aliphatic carbocycles. The second-order valence-corrected chi connectivity index (χ2v) is 2.82. The van der Waals surface area contributed by atoms with E-state index in [1.165, 1.54) is 0 Å². The Morgan fingerprint density at radius 1 is 1.46 bits per heavy atom. The van der Waals surface area contributed by atoms with Crippen LogP contribution in [0.4, 0.5) is 0 Å². The summed E-state index contributed by atoms with van der Waals surface area (Å²) in [5.41, 5.74) is 1.48. The Morgan fingerprint density at radius 2 is 2.31 bits per heavy atom. The fourth-order valence-corrected chi connectivity index (χ4v) is 1.34. The van der Waals surface area contributed by atoms with E-state index in [1.54, 1.807) is 25.3 Å². The van der Waals surface area contributed by atoms with E-state index in [0.717, 1.165) is 5.69 Å². The second kappa shape index (κ2) is 3.01. The summed E-state index contributed by atoms with van der Waals surface area (Å²) in [5.74, 6) is 0.582. The fourth-order valence-electron chi connectivity index (χ4n) is 1.34. The first kappa shape index (κ1) is 7.98. The normalized spacial score (nSPS) is 14.1. The first-order valence-electron chi connectivity index (χ1n) is 4.06. The van der Waals surface area contributed by atoms with Crippen molar-refractivity contribution in [1.82, 2.24) is 4.98 Å². The Labute approximate surface area is 76.1 Å². The van der Waals surface area contributed by atoms with Crippen molar-refractivity contribution >= 4 is 5.78 Å². The lowest BCUT2D eigenvalue weighted by molar-refractivity contribution is 0.104. The molecule has 66 valence electrons. The zero-order valence-electron chi connectivity index (χ0n) is 7.28. The van der Waals surface area contributed by atoms with Crippen LogP contribution >= 0.6 is 0 Å². The molecule has 1 aromatic heterocycles. The van der Waals surface area contributed by atoms with Crippen molar-refractivity contribution in [3.63, 3.8) is 0 Å². The van der Waals surface area contributed by atoms with Gasteiger partial charge in [-0.05, 0) is 12.1 Å². The van der Waals surface area contributed by atoms with E-state index in [9.17, 15) is 4.79 Å². The molecule has 1 aliphatic rings. The van der Waals surface area contributed by atoms with Gasteiger partial charge in [0, 0.05) is 18.1 Å². The molecule has 1 heterocycles. The zero-order chi connectivity index (χ0) is 9.26. The van der Waals surface area contributed by atoms with Crippen LogP contribution in [0.25, 0.3) is 0 Å². The molecule has 3 heteroatoms. The molecule has 0 amide bonds. The number of hydrogen-bond donors (Lipinski definition) is 0. The summed E-state index contributed by atoms with van der Waals surface area (Å²) >= 11 is 0. The molecule has 3 nitrogen and oxygen atoms in total. The molecule has 0 radical (unpaired) electrons. The van der Waals surface area contributed by atoms with Gasteiger partial charge in [-0.1, -0.05) is 6.08 Å². The summed E-state index contributed by atoms with van der Waals surface area (Å²) < 4.78 is 4.97. The van der Waals surface area contributed by atoms with Crippen molar-refractivity contribution in [2.24, 2.45) is 0 Å². The van der Waals surface area contributed by atoms with Gasteiger partial charge in [0.15, 0.2) is 5.78 Å². The van der Waals surface area contributed by atoms with Crippen LogP contribution in [0.1, 0.15) is 16.1 Å². The van der Waals surface area contributed by atoms with Crippen molar-refractivity contribution in [2.45, 2.75) is 6.42 Å². The van der Waals surface area contributed by atoms with Gasteiger partial charge in [0.1, 0.15) is 0 Å². The highest BCUT2D eigenvalue weighted by molar-refractivity contribution is 6.06. The van der Waals surface area contributed by atoms with Crippen LogP contribution in [-0.4, -0.2) is 17.9 Å². The molecular formula is C10H9NO2. The number of hydrogen-bond acceptors (Lipinski definition) is 3. The Bertz CT molecular complexity index is 383. The largest absolute Gasteiger partial charge is 0.481 e. The smallest absolute Gasteiger partial charge is 0.213 e. The van der Waals surface area contributed by atoms with E-state index < -0.39 is 0 Å². The van der Waals surface area contributed by atoms with Crippen molar-refractivity contribution < 1.29 is 9.53 Å². The molecule has 0 aromatic carbocycles. The number of allylic oxidation sites excluding steroid dienone is 2. The molecule has 0 saturated heterocycles. The Hall–Kier alpha value is -1.64. The molecule has 0 N–H and O–H groups in total. The van der Waals surface area contributed by atoms with Gasteiger partial charge in [-0.15, -0.1) is 0 Å². The van der Waals surface area contributed by atoms with Crippen molar-refractivity contribution in [3.05, 3.63) is 35.5 Å². The number of fused-ring (bicyclic) bond motifs is 1. The molecule has 0 unspecified atom stereocenters. The minimum atomic E-state index is 0.0244. The molecule has 13 heavy (non-hydrogen) atoms. The molecule has 0 bridgehead atoms. The third-order valence-electron chi connectivity index (χ3n) is 2.00. The predicted molar refractivity (Wildman–Crippen MR) is 48.0 cm³/mol. The van der Waals surface area contributed by atoms with Gasteiger partial charge in [-0.3, -0.25) is 4.79 Å². The number of ketones is 1. The van der Waals surface area contributed by atoms with E-state index in [2.05, 4.69) is 4.98 Å². The Balaban J connectivity index is 2.49. The Morgan fingerprint density at radius 3 is 3.08 bits per heavy atom.